The first-order valence-corrected chi connectivity index (χ1v) is 8.51. The molecule has 0 unspecified atom stereocenters. The molecule has 0 aliphatic carbocycles. The average Bonchev–Trinajstić information content (AvgIpc) is 2.57. The minimum atomic E-state index is -0.471. The molecule has 0 aromatic heterocycles. The highest BCUT2D eigenvalue weighted by Crippen LogP contribution is 2.10. The van der Waals surface area contributed by atoms with Crippen molar-refractivity contribution in [2.24, 2.45) is 10.9 Å². The zero-order valence-electron chi connectivity index (χ0n) is 15.6. The lowest BCUT2D eigenvalue weighted by Gasteiger charge is -2.12. The Morgan fingerprint density at radius 3 is 2.44 bits per heavy atom. The maximum Gasteiger partial charge on any atom is 0.411 e. The van der Waals surface area contributed by atoms with Crippen molar-refractivity contribution in [1.29, 1.82) is 0 Å². The lowest BCUT2D eigenvalue weighted by atomic mass is 10.1. The number of rotatable bonds is 8. The van der Waals surface area contributed by atoms with Gasteiger partial charge in [-0.2, -0.15) is 0 Å². The molecular formula is C18H31IN4O2. The van der Waals surface area contributed by atoms with Crippen molar-refractivity contribution < 1.29 is 9.53 Å². The molecule has 1 aromatic rings. The van der Waals surface area contributed by atoms with Crippen LogP contribution in [0.4, 0.5) is 10.5 Å². The highest BCUT2D eigenvalue weighted by Gasteiger charge is 2.01. The van der Waals surface area contributed by atoms with Crippen LogP contribution in [0.15, 0.2) is 29.3 Å². The molecule has 0 radical (unpaired) electrons. The summed E-state index contributed by atoms with van der Waals surface area (Å²) in [6.45, 7) is 8.86. The summed E-state index contributed by atoms with van der Waals surface area (Å²) < 4.78 is 4.56. The van der Waals surface area contributed by atoms with Gasteiger partial charge in [-0.3, -0.25) is 5.32 Å². The second-order valence-electron chi connectivity index (χ2n) is 5.97. The zero-order chi connectivity index (χ0) is 17.8. The summed E-state index contributed by atoms with van der Waals surface area (Å²) >= 11 is 0. The molecule has 0 aliphatic heterocycles. The van der Waals surface area contributed by atoms with Gasteiger partial charge in [-0.05, 0) is 43.4 Å². The molecule has 1 aromatic carbocycles. The first kappa shape index (κ1) is 23.5. The van der Waals surface area contributed by atoms with Crippen LogP contribution < -0.4 is 16.0 Å². The fourth-order valence-electron chi connectivity index (χ4n) is 2.09. The molecule has 142 valence electrons. The van der Waals surface area contributed by atoms with Gasteiger partial charge in [0.25, 0.3) is 0 Å². The number of hydrogen-bond acceptors (Lipinski definition) is 3. The average molecular weight is 462 g/mol. The molecule has 0 fully saturated rings. The number of nitrogens with zero attached hydrogens (tertiary/aromatic N) is 1. The van der Waals surface area contributed by atoms with E-state index in [1.165, 1.54) is 13.5 Å². The second-order valence-corrected chi connectivity index (χ2v) is 5.97. The maximum absolute atomic E-state index is 11.1. The summed E-state index contributed by atoms with van der Waals surface area (Å²) in [5.74, 6) is 1.56. The van der Waals surface area contributed by atoms with E-state index in [0.29, 0.717) is 12.2 Å². The Morgan fingerprint density at radius 1 is 1.20 bits per heavy atom. The number of amides is 1. The van der Waals surface area contributed by atoms with Gasteiger partial charge >= 0.3 is 6.09 Å². The van der Waals surface area contributed by atoms with Crippen LogP contribution in [0.1, 0.15) is 39.2 Å². The summed E-state index contributed by atoms with van der Waals surface area (Å²) in [6.07, 6.45) is 1.87. The topological polar surface area (TPSA) is 74.8 Å². The molecule has 0 aliphatic rings. The molecule has 0 saturated heterocycles. The summed E-state index contributed by atoms with van der Waals surface area (Å²) in [4.78, 5) is 15.7. The lowest BCUT2D eigenvalue weighted by molar-refractivity contribution is 0.187. The van der Waals surface area contributed by atoms with Gasteiger partial charge in [-0.1, -0.05) is 26.0 Å². The van der Waals surface area contributed by atoms with E-state index in [4.69, 9.17) is 0 Å². The van der Waals surface area contributed by atoms with Crippen LogP contribution in [0.5, 0.6) is 0 Å². The Kier molecular flexibility index (Phi) is 12.9. The largest absolute Gasteiger partial charge is 0.453 e. The van der Waals surface area contributed by atoms with E-state index >= 15 is 0 Å². The molecule has 0 atom stereocenters. The smallest absolute Gasteiger partial charge is 0.411 e. The van der Waals surface area contributed by atoms with Crippen LogP contribution in [0.3, 0.4) is 0 Å². The fraction of sp³-hybridized carbons (Fsp3) is 0.556. The highest BCUT2D eigenvalue weighted by molar-refractivity contribution is 14.0. The van der Waals surface area contributed by atoms with Gasteiger partial charge in [-0.25, -0.2) is 9.79 Å². The van der Waals surface area contributed by atoms with E-state index in [-0.39, 0.29) is 24.0 Å². The van der Waals surface area contributed by atoms with Crippen molar-refractivity contribution in [2.45, 2.75) is 40.2 Å². The number of methoxy groups -OCH3 is 1. The number of hydrogen-bond donors (Lipinski definition) is 3. The van der Waals surface area contributed by atoms with Gasteiger partial charge in [-0.15, -0.1) is 24.0 Å². The lowest BCUT2D eigenvalue weighted by Crippen LogP contribution is -2.37. The molecule has 1 rings (SSSR count). The zero-order valence-corrected chi connectivity index (χ0v) is 17.9. The third kappa shape index (κ3) is 10.9. The first-order valence-electron chi connectivity index (χ1n) is 8.51. The Labute approximate surface area is 168 Å². The molecule has 1 amide bonds. The number of benzene rings is 1. The predicted octanol–water partition coefficient (Wildman–Crippen LogP) is 3.97. The molecule has 0 heterocycles. The monoisotopic (exact) mass is 462 g/mol. The number of anilines is 1. The van der Waals surface area contributed by atoms with Gasteiger partial charge in [0.1, 0.15) is 0 Å². The van der Waals surface area contributed by atoms with Crippen molar-refractivity contribution in [3.63, 3.8) is 0 Å². The quantitative estimate of drug-likeness (QED) is 0.237. The Hall–Kier alpha value is -1.51. The third-order valence-corrected chi connectivity index (χ3v) is 3.40. The van der Waals surface area contributed by atoms with Crippen LogP contribution in [0.2, 0.25) is 0 Å². The fourth-order valence-corrected chi connectivity index (χ4v) is 2.09. The Bertz CT molecular complexity index is 518. The van der Waals surface area contributed by atoms with Crippen molar-refractivity contribution >= 4 is 41.7 Å². The standard InChI is InChI=1S/C18H30N4O2.HI/c1-5-19-17(20-12-6-7-14(2)3)21-13-15-8-10-16(11-9-15)22-18(23)24-4;/h8-11,14H,5-7,12-13H2,1-4H3,(H,22,23)(H2,19,20,21);1H. The molecule has 25 heavy (non-hydrogen) atoms. The van der Waals surface area contributed by atoms with Crippen LogP contribution in [0.25, 0.3) is 0 Å². The van der Waals surface area contributed by atoms with Gasteiger partial charge in [0.05, 0.1) is 13.7 Å². The summed E-state index contributed by atoms with van der Waals surface area (Å²) in [5.41, 5.74) is 1.78. The molecule has 0 bridgehead atoms. The number of aliphatic imine (C=N–C) groups is 1. The van der Waals surface area contributed by atoms with E-state index in [9.17, 15) is 4.79 Å². The van der Waals surface area contributed by atoms with Crippen LogP contribution >= 0.6 is 24.0 Å². The van der Waals surface area contributed by atoms with Crippen molar-refractivity contribution in [3.8, 4) is 0 Å². The molecule has 7 heteroatoms. The number of carbonyl (C=O) groups is 1. The minimum absolute atomic E-state index is 0. The normalized spacial score (nSPS) is 10.8. The van der Waals surface area contributed by atoms with Gasteiger partial charge < -0.3 is 15.4 Å². The van der Waals surface area contributed by atoms with Crippen LogP contribution in [0, 0.1) is 5.92 Å². The van der Waals surface area contributed by atoms with E-state index in [1.807, 2.05) is 24.3 Å². The van der Waals surface area contributed by atoms with E-state index in [1.54, 1.807) is 0 Å². The molecule has 0 spiro atoms. The molecule has 3 N–H and O–H groups in total. The Balaban J connectivity index is 0.00000576. The van der Waals surface area contributed by atoms with Crippen LogP contribution in [-0.2, 0) is 11.3 Å². The van der Waals surface area contributed by atoms with Crippen molar-refractivity contribution in [3.05, 3.63) is 29.8 Å². The number of carbonyl (C=O) groups excluding carboxylic acids is 1. The predicted molar refractivity (Wildman–Crippen MR) is 115 cm³/mol. The molecule has 0 saturated carbocycles. The van der Waals surface area contributed by atoms with E-state index < -0.39 is 6.09 Å². The van der Waals surface area contributed by atoms with Crippen molar-refractivity contribution in [1.82, 2.24) is 10.6 Å². The second kappa shape index (κ2) is 13.7. The molecular weight excluding hydrogens is 431 g/mol. The van der Waals surface area contributed by atoms with Gasteiger partial charge in [0.2, 0.25) is 0 Å². The minimum Gasteiger partial charge on any atom is -0.453 e. The summed E-state index contributed by atoms with van der Waals surface area (Å²) in [5, 5.41) is 9.23. The van der Waals surface area contributed by atoms with E-state index in [2.05, 4.69) is 46.5 Å². The van der Waals surface area contributed by atoms with Crippen LogP contribution in [-0.4, -0.2) is 32.3 Å². The van der Waals surface area contributed by atoms with E-state index in [0.717, 1.165) is 37.0 Å². The number of ether oxygens (including phenoxy) is 1. The van der Waals surface area contributed by atoms with Gasteiger partial charge in [0, 0.05) is 18.8 Å². The maximum atomic E-state index is 11.1. The third-order valence-electron chi connectivity index (χ3n) is 3.40. The van der Waals surface area contributed by atoms with Gasteiger partial charge in [0.15, 0.2) is 5.96 Å². The summed E-state index contributed by atoms with van der Waals surface area (Å²) in [7, 11) is 1.34. The highest BCUT2D eigenvalue weighted by atomic mass is 127. The number of guanidine groups is 1. The first-order chi connectivity index (χ1) is 11.5. The number of halogens is 1. The molecule has 6 nitrogen and oxygen atoms in total. The summed E-state index contributed by atoms with van der Waals surface area (Å²) in [6, 6.07) is 7.56. The SMILES string of the molecule is CCNC(=NCc1ccc(NC(=O)OC)cc1)NCCCC(C)C.I. The Morgan fingerprint density at radius 2 is 1.88 bits per heavy atom. The van der Waals surface area contributed by atoms with Crippen molar-refractivity contribution in [2.75, 3.05) is 25.5 Å². The number of nitrogens with one attached hydrogen (secondary N) is 3.